The van der Waals surface area contributed by atoms with Crippen molar-refractivity contribution < 1.29 is 4.39 Å². The number of hydrogen-bond donors (Lipinski definition) is 3. The van der Waals surface area contributed by atoms with Gasteiger partial charge in [-0.05, 0) is 6.92 Å². The summed E-state index contributed by atoms with van der Waals surface area (Å²) in [6, 6.07) is 0. The lowest BCUT2D eigenvalue weighted by Crippen LogP contribution is -2.13. The lowest BCUT2D eigenvalue weighted by atomic mass is 10.4. The number of aromatic nitrogens is 3. The Morgan fingerprint density at radius 2 is 2.29 bits per heavy atom. The van der Waals surface area contributed by atoms with Gasteiger partial charge in [-0.15, -0.1) is 11.3 Å². The molecule has 0 atom stereocenters. The van der Waals surface area contributed by atoms with Crippen LogP contribution in [-0.4, -0.2) is 15.0 Å². The Labute approximate surface area is 101 Å². The monoisotopic (exact) mass is 254 g/mol. The number of hydrazine groups is 1. The third kappa shape index (κ3) is 2.86. The molecular formula is C9H11FN6S. The SMILES string of the molecule is Cc1nc(CNc2nc(NN)ncc2F)cs1. The van der Waals surface area contributed by atoms with Crippen LogP contribution in [0.3, 0.4) is 0 Å². The van der Waals surface area contributed by atoms with Gasteiger partial charge in [0.05, 0.1) is 23.4 Å². The molecule has 0 radical (unpaired) electrons. The first-order valence-electron chi connectivity index (χ1n) is 4.83. The Bertz CT molecular complexity index is 514. The first-order valence-corrected chi connectivity index (χ1v) is 5.71. The van der Waals surface area contributed by atoms with E-state index in [9.17, 15) is 4.39 Å². The fourth-order valence-corrected chi connectivity index (χ4v) is 1.84. The molecule has 0 saturated carbocycles. The van der Waals surface area contributed by atoms with Gasteiger partial charge in [0.15, 0.2) is 11.6 Å². The number of nitrogen functional groups attached to an aromatic ring is 1. The van der Waals surface area contributed by atoms with E-state index in [1.807, 2.05) is 12.3 Å². The zero-order valence-corrected chi connectivity index (χ0v) is 9.88. The van der Waals surface area contributed by atoms with Gasteiger partial charge in [0.1, 0.15) is 0 Å². The molecule has 0 bridgehead atoms. The molecule has 17 heavy (non-hydrogen) atoms. The third-order valence-electron chi connectivity index (χ3n) is 1.98. The Balaban J connectivity index is 2.07. The standard InChI is InChI=1S/C9H11FN6S/c1-5-14-6(4-17-5)2-12-8-7(10)3-13-9(15-8)16-11/h3-4H,2,11H2,1H3,(H2,12,13,15,16). The lowest BCUT2D eigenvalue weighted by Gasteiger charge is -2.06. The molecule has 2 aromatic rings. The topological polar surface area (TPSA) is 88.8 Å². The highest BCUT2D eigenvalue weighted by Crippen LogP contribution is 2.14. The zero-order chi connectivity index (χ0) is 12.3. The van der Waals surface area contributed by atoms with Crippen molar-refractivity contribution >= 4 is 23.1 Å². The number of nitrogens with one attached hydrogen (secondary N) is 2. The molecule has 0 saturated heterocycles. The first kappa shape index (κ1) is 11.7. The average Bonchev–Trinajstić information content (AvgIpc) is 2.74. The van der Waals surface area contributed by atoms with Gasteiger partial charge < -0.3 is 5.32 Å². The number of nitrogens with zero attached hydrogens (tertiary/aromatic N) is 3. The van der Waals surface area contributed by atoms with Crippen LogP contribution in [0.25, 0.3) is 0 Å². The van der Waals surface area contributed by atoms with Gasteiger partial charge in [0.2, 0.25) is 5.95 Å². The molecule has 90 valence electrons. The minimum Gasteiger partial charge on any atom is -0.362 e. The van der Waals surface area contributed by atoms with Crippen LogP contribution in [0.15, 0.2) is 11.6 Å². The summed E-state index contributed by atoms with van der Waals surface area (Å²) in [6.45, 7) is 2.32. The summed E-state index contributed by atoms with van der Waals surface area (Å²) in [5.74, 6) is 4.86. The van der Waals surface area contributed by atoms with Crippen molar-refractivity contribution in [2.24, 2.45) is 5.84 Å². The summed E-state index contributed by atoms with van der Waals surface area (Å²) in [7, 11) is 0. The Morgan fingerprint density at radius 3 is 2.94 bits per heavy atom. The van der Waals surface area contributed by atoms with E-state index in [1.165, 1.54) is 0 Å². The van der Waals surface area contributed by atoms with E-state index in [2.05, 4.69) is 25.7 Å². The number of nitrogens with two attached hydrogens (primary N) is 1. The van der Waals surface area contributed by atoms with Crippen LogP contribution in [0.2, 0.25) is 0 Å². The van der Waals surface area contributed by atoms with Gasteiger partial charge in [-0.2, -0.15) is 4.98 Å². The highest BCUT2D eigenvalue weighted by Gasteiger charge is 2.06. The molecule has 2 heterocycles. The van der Waals surface area contributed by atoms with Gasteiger partial charge in [-0.1, -0.05) is 0 Å². The number of rotatable bonds is 4. The highest BCUT2D eigenvalue weighted by molar-refractivity contribution is 7.09. The zero-order valence-electron chi connectivity index (χ0n) is 9.07. The van der Waals surface area contributed by atoms with Crippen LogP contribution in [0, 0.1) is 12.7 Å². The van der Waals surface area contributed by atoms with E-state index in [-0.39, 0.29) is 11.8 Å². The molecule has 0 amide bonds. The molecule has 2 aromatic heterocycles. The third-order valence-corrected chi connectivity index (χ3v) is 2.80. The predicted molar refractivity (Wildman–Crippen MR) is 64.0 cm³/mol. The summed E-state index contributed by atoms with van der Waals surface area (Å²) < 4.78 is 13.3. The van der Waals surface area contributed by atoms with Gasteiger partial charge in [-0.25, -0.2) is 20.2 Å². The van der Waals surface area contributed by atoms with Crippen molar-refractivity contribution in [1.82, 2.24) is 15.0 Å². The van der Waals surface area contributed by atoms with E-state index in [1.54, 1.807) is 11.3 Å². The summed E-state index contributed by atoms with van der Waals surface area (Å²) in [5, 5.41) is 5.71. The predicted octanol–water partition coefficient (Wildman–Crippen LogP) is 1.28. The quantitative estimate of drug-likeness (QED) is 0.562. The second-order valence-corrected chi connectivity index (χ2v) is 4.31. The van der Waals surface area contributed by atoms with E-state index in [0.29, 0.717) is 6.54 Å². The van der Waals surface area contributed by atoms with Gasteiger partial charge in [0, 0.05) is 5.38 Å². The minimum atomic E-state index is -0.532. The fourth-order valence-electron chi connectivity index (χ4n) is 1.22. The van der Waals surface area contributed by atoms with Gasteiger partial charge >= 0.3 is 0 Å². The van der Waals surface area contributed by atoms with Crippen molar-refractivity contribution in [3.8, 4) is 0 Å². The normalized spacial score (nSPS) is 10.3. The molecular weight excluding hydrogens is 243 g/mol. The van der Waals surface area contributed by atoms with E-state index in [4.69, 9.17) is 5.84 Å². The highest BCUT2D eigenvalue weighted by atomic mass is 32.1. The van der Waals surface area contributed by atoms with Crippen LogP contribution in [0.4, 0.5) is 16.2 Å². The Morgan fingerprint density at radius 1 is 1.47 bits per heavy atom. The first-order chi connectivity index (χ1) is 8.19. The summed E-state index contributed by atoms with van der Waals surface area (Å²) in [4.78, 5) is 11.7. The number of hydrogen-bond acceptors (Lipinski definition) is 7. The second-order valence-electron chi connectivity index (χ2n) is 3.25. The Kier molecular flexibility index (Phi) is 3.45. The van der Waals surface area contributed by atoms with E-state index >= 15 is 0 Å². The smallest absolute Gasteiger partial charge is 0.239 e. The molecule has 0 fully saturated rings. The molecule has 0 aliphatic carbocycles. The van der Waals surface area contributed by atoms with Gasteiger partial charge in [0.25, 0.3) is 0 Å². The maximum absolute atomic E-state index is 13.3. The maximum Gasteiger partial charge on any atom is 0.239 e. The van der Waals surface area contributed by atoms with Crippen molar-refractivity contribution in [3.63, 3.8) is 0 Å². The van der Waals surface area contributed by atoms with Crippen LogP contribution in [0.1, 0.15) is 10.7 Å². The molecule has 6 nitrogen and oxygen atoms in total. The molecule has 0 aromatic carbocycles. The average molecular weight is 254 g/mol. The van der Waals surface area contributed by atoms with Crippen molar-refractivity contribution in [2.45, 2.75) is 13.5 Å². The minimum absolute atomic E-state index is 0.0959. The fraction of sp³-hybridized carbons (Fsp3) is 0.222. The van der Waals surface area contributed by atoms with Crippen LogP contribution < -0.4 is 16.6 Å². The molecule has 0 spiro atoms. The summed E-state index contributed by atoms with van der Waals surface area (Å²) in [6.07, 6.45) is 1.05. The molecule has 0 aliphatic rings. The summed E-state index contributed by atoms with van der Waals surface area (Å²) >= 11 is 1.54. The van der Waals surface area contributed by atoms with Crippen molar-refractivity contribution in [2.75, 3.05) is 10.7 Å². The summed E-state index contributed by atoms with van der Waals surface area (Å²) in [5.41, 5.74) is 3.09. The molecule has 0 aliphatic heterocycles. The van der Waals surface area contributed by atoms with E-state index < -0.39 is 5.82 Å². The maximum atomic E-state index is 13.3. The largest absolute Gasteiger partial charge is 0.362 e. The second kappa shape index (κ2) is 5.02. The number of anilines is 2. The van der Waals surface area contributed by atoms with Crippen LogP contribution >= 0.6 is 11.3 Å². The van der Waals surface area contributed by atoms with E-state index in [0.717, 1.165) is 16.9 Å². The lowest BCUT2D eigenvalue weighted by molar-refractivity contribution is 0.617. The van der Waals surface area contributed by atoms with Crippen molar-refractivity contribution in [3.05, 3.63) is 28.1 Å². The van der Waals surface area contributed by atoms with Crippen LogP contribution in [-0.2, 0) is 6.54 Å². The number of halogens is 1. The van der Waals surface area contributed by atoms with Crippen LogP contribution in [0.5, 0.6) is 0 Å². The number of aryl methyl sites for hydroxylation is 1. The molecule has 2 rings (SSSR count). The Hall–Kier alpha value is -1.80. The van der Waals surface area contributed by atoms with Crippen molar-refractivity contribution in [1.29, 1.82) is 0 Å². The van der Waals surface area contributed by atoms with Gasteiger partial charge in [-0.3, -0.25) is 5.43 Å². The molecule has 0 unspecified atom stereocenters. The molecule has 4 N–H and O–H groups in total. The molecule has 8 heteroatoms. The number of thiazole rings is 1.